The molecule has 1 atom stereocenters. The van der Waals surface area contributed by atoms with E-state index in [1.54, 1.807) is 10.9 Å². The van der Waals surface area contributed by atoms with Crippen LogP contribution < -0.4 is 10.6 Å². The maximum absolute atomic E-state index is 11.6. The predicted octanol–water partition coefficient (Wildman–Crippen LogP) is 1.87. The van der Waals surface area contributed by atoms with Crippen LogP contribution in [0.25, 0.3) is 5.69 Å². The zero-order chi connectivity index (χ0) is 16.5. The van der Waals surface area contributed by atoms with Crippen LogP contribution >= 0.6 is 0 Å². The van der Waals surface area contributed by atoms with Gasteiger partial charge in [-0.1, -0.05) is 25.5 Å². The molecule has 0 fully saturated rings. The lowest BCUT2D eigenvalue weighted by molar-refractivity contribution is 0.160. The van der Waals surface area contributed by atoms with Crippen LogP contribution in [0.15, 0.2) is 42.7 Å². The maximum atomic E-state index is 11.6. The third-order valence-corrected chi connectivity index (χ3v) is 3.52. The van der Waals surface area contributed by atoms with Gasteiger partial charge in [0.15, 0.2) is 0 Å². The molecule has 6 nitrogen and oxygen atoms in total. The number of nitrogens with zero attached hydrogens (tertiary/aromatic N) is 2. The lowest BCUT2D eigenvalue weighted by Crippen LogP contribution is -2.40. The van der Waals surface area contributed by atoms with Crippen molar-refractivity contribution in [3.05, 3.63) is 48.3 Å². The van der Waals surface area contributed by atoms with Crippen LogP contribution in [-0.2, 0) is 6.42 Å². The minimum Gasteiger partial charge on any atom is -0.391 e. The number of hydrogen-bond donors (Lipinski definition) is 3. The van der Waals surface area contributed by atoms with E-state index in [2.05, 4.69) is 15.7 Å². The number of rotatable bonds is 8. The topological polar surface area (TPSA) is 79.2 Å². The van der Waals surface area contributed by atoms with Gasteiger partial charge >= 0.3 is 6.03 Å². The van der Waals surface area contributed by atoms with E-state index in [0.29, 0.717) is 13.0 Å². The molecular weight excluding hydrogens is 292 g/mol. The molecule has 0 saturated carbocycles. The normalized spacial score (nSPS) is 11.9. The summed E-state index contributed by atoms with van der Waals surface area (Å²) in [6, 6.07) is 9.71. The summed E-state index contributed by atoms with van der Waals surface area (Å²) in [6.07, 6.45) is 5.52. The molecule has 1 aromatic carbocycles. The molecule has 124 valence electrons. The number of aromatic nitrogens is 2. The number of aliphatic hydroxyl groups is 1. The molecule has 0 aliphatic carbocycles. The Morgan fingerprint density at radius 2 is 2.09 bits per heavy atom. The summed E-state index contributed by atoms with van der Waals surface area (Å²) in [7, 11) is 0. The van der Waals surface area contributed by atoms with Crippen LogP contribution in [0.1, 0.15) is 25.3 Å². The third-order valence-electron chi connectivity index (χ3n) is 3.52. The van der Waals surface area contributed by atoms with Crippen molar-refractivity contribution in [2.75, 3.05) is 13.1 Å². The molecule has 0 bridgehead atoms. The van der Waals surface area contributed by atoms with Gasteiger partial charge < -0.3 is 15.7 Å². The van der Waals surface area contributed by atoms with Gasteiger partial charge in [-0.05, 0) is 36.6 Å². The molecule has 0 spiro atoms. The molecule has 2 rings (SSSR count). The van der Waals surface area contributed by atoms with E-state index in [4.69, 9.17) is 0 Å². The minimum absolute atomic E-state index is 0.242. The Hall–Kier alpha value is -2.34. The number of amides is 2. The smallest absolute Gasteiger partial charge is 0.314 e. The van der Waals surface area contributed by atoms with Gasteiger partial charge in [0.25, 0.3) is 0 Å². The third kappa shape index (κ3) is 5.75. The molecule has 1 unspecified atom stereocenters. The van der Waals surface area contributed by atoms with E-state index in [0.717, 1.165) is 24.1 Å². The molecule has 0 aliphatic rings. The predicted molar refractivity (Wildman–Crippen MR) is 89.6 cm³/mol. The van der Waals surface area contributed by atoms with Crippen molar-refractivity contribution in [3.8, 4) is 5.69 Å². The van der Waals surface area contributed by atoms with Crippen molar-refractivity contribution in [1.82, 2.24) is 20.4 Å². The highest BCUT2D eigenvalue weighted by atomic mass is 16.3. The second-order valence-electron chi connectivity index (χ2n) is 5.45. The second kappa shape index (κ2) is 8.95. The van der Waals surface area contributed by atoms with Crippen LogP contribution in [0.2, 0.25) is 0 Å². The van der Waals surface area contributed by atoms with Crippen molar-refractivity contribution in [2.45, 2.75) is 32.3 Å². The average Bonchev–Trinajstić information content (AvgIpc) is 3.08. The first-order valence-electron chi connectivity index (χ1n) is 7.97. The Morgan fingerprint density at radius 3 is 2.74 bits per heavy atom. The van der Waals surface area contributed by atoms with Gasteiger partial charge in [0.2, 0.25) is 0 Å². The maximum Gasteiger partial charge on any atom is 0.314 e. The molecule has 2 amide bonds. The number of aliphatic hydroxyl groups excluding tert-OH is 1. The molecule has 1 aromatic heterocycles. The van der Waals surface area contributed by atoms with Crippen LogP contribution in [0.5, 0.6) is 0 Å². The highest BCUT2D eigenvalue weighted by Crippen LogP contribution is 2.08. The largest absolute Gasteiger partial charge is 0.391 e. The SMILES string of the molecule is CCCC(O)CNC(=O)NCCc1ccc(-n2cccn2)cc1. The molecule has 0 radical (unpaired) electrons. The Kier molecular flexibility index (Phi) is 6.62. The van der Waals surface area contributed by atoms with Crippen LogP contribution in [0.4, 0.5) is 4.79 Å². The van der Waals surface area contributed by atoms with Gasteiger partial charge in [-0.3, -0.25) is 0 Å². The van der Waals surface area contributed by atoms with Crippen LogP contribution in [-0.4, -0.2) is 40.1 Å². The Bertz CT molecular complexity index is 581. The summed E-state index contributed by atoms with van der Waals surface area (Å²) < 4.78 is 1.80. The fourth-order valence-electron chi connectivity index (χ4n) is 2.27. The Labute approximate surface area is 136 Å². The number of carbonyl (C=O) groups is 1. The summed E-state index contributed by atoms with van der Waals surface area (Å²) in [5.74, 6) is 0. The summed E-state index contributed by atoms with van der Waals surface area (Å²) in [6.45, 7) is 2.84. The lowest BCUT2D eigenvalue weighted by atomic mass is 10.1. The highest BCUT2D eigenvalue weighted by Gasteiger charge is 2.05. The molecule has 23 heavy (non-hydrogen) atoms. The Balaban J connectivity index is 1.69. The van der Waals surface area contributed by atoms with E-state index < -0.39 is 6.10 Å². The zero-order valence-corrected chi connectivity index (χ0v) is 13.4. The first-order chi connectivity index (χ1) is 11.2. The van der Waals surface area contributed by atoms with E-state index in [1.807, 2.05) is 43.5 Å². The fraction of sp³-hybridized carbons (Fsp3) is 0.412. The van der Waals surface area contributed by atoms with Crippen molar-refractivity contribution in [1.29, 1.82) is 0 Å². The van der Waals surface area contributed by atoms with E-state index in [1.165, 1.54) is 0 Å². The fourth-order valence-corrected chi connectivity index (χ4v) is 2.27. The van der Waals surface area contributed by atoms with E-state index >= 15 is 0 Å². The lowest BCUT2D eigenvalue weighted by Gasteiger charge is -2.11. The standard InChI is InChI=1S/C17H24N4O2/c1-2-4-16(22)13-19-17(23)18-11-9-14-5-7-15(8-6-14)21-12-3-10-20-21/h3,5-8,10,12,16,22H,2,4,9,11,13H2,1H3,(H2,18,19,23). The van der Waals surface area contributed by atoms with Crippen molar-refractivity contribution >= 4 is 6.03 Å². The summed E-state index contributed by atoms with van der Waals surface area (Å²) >= 11 is 0. The first-order valence-corrected chi connectivity index (χ1v) is 7.97. The minimum atomic E-state index is -0.472. The van der Waals surface area contributed by atoms with Gasteiger partial charge in [-0.25, -0.2) is 9.48 Å². The van der Waals surface area contributed by atoms with Crippen molar-refractivity contribution in [3.63, 3.8) is 0 Å². The Morgan fingerprint density at radius 1 is 1.30 bits per heavy atom. The van der Waals surface area contributed by atoms with E-state index in [-0.39, 0.29) is 12.6 Å². The van der Waals surface area contributed by atoms with Crippen LogP contribution in [0.3, 0.4) is 0 Å². The van der Waals surface area contributed by atoms with Gasteiger partial charge in [-0.15, -0.1) is 0 Å². The zero-order valence-electron chi connectivity index (χ0n) is 13.4. The molecule has 1 heterocycles. The van der Waals surface area contributed by atoms with Crippen LogP contribution in [0, 0.1) is 0 Å². The number of urea groups is 1. The van der Waals surface area contributed by atoms with Gasteiger partial charge in [0.05, 0.1) is 11.8 Å². The summed E-state index contributed by atoms with van der Waals surface area (Å²) in [5, 5.41) is 19.2. The molecule has 0 aliphatic heterocycles. The average molecular weight is 316 g/mol. The summed E-state index contributed by atoms with van der Waals surface area (Å²) in [4.78, 5) is 11.6. The first kappa shape index (κ1) is 17.0. The molecule has 6 heteroatoms. The van der Waals surface area contributed by atoms with E-state index in [9.17, 15) is 9.90 Å². The number of nitrogens with one attached hydrogen (secondary N) is 2. The van der Waals surface area contributed by atoms with Crippen molar-refractivity contribution in [2.24, 2.45) is 0 Å². The molecule has 2 aromatic rings. The number of benzene rings is 1. The van der Waals surface area contributed by atoms with Gasteiger partial charge in [-0.2, -0.15) is 5.10 Å². The second-order valence-corrected chi connectivity index (χ2v) is 5.45. The van der Waals surface area contributed by atoms with Crippen molar-refractivity contribution < 1.29 is 9.90 Å². The summed E-state index contributed by atoms with van der Waals surface area (Å²) in [5.41, 5.74) is 2.15. The number of hydrogen-bond acceptors (Lipinski definition) is 3. The van der Waals surface area contributed by atoms with Gasteiger partial charge in [0.1, 0.15) is 0 Å². The quantitative estimate of drug-likeness (QED) is 0.695. The monoisotopic (exact) mass is 316 g/mol. The molecule has 3 N–H and O–H groups in total. The number of carbonyl (C=O) groups excluding carboxylic acids is 1. The van der Waals surface area contributed by atoms with Gasteiger partial charge in [0, 0.05) is 25.5 Å². The molecule has 0 saturated heterocycles. The highest BCUT2D eigenvalue weighted by molar-refractivity contribution is 5.73. The molecular formula is C17H24N4O2.